The molecule has 0 atom stereocenters. The van der Waals surface area contributed by atoms with Crippen LogP contribution in [-0.4, -0.2) is 48.7 Å². The molecule has 0 bridgehead atoms. The molecule has 0 saturated carbocycles. The van der Waals surface area contributed by atoms with Gasteiger partial charge in [0.15, 0.2) is 0 Å². The number of hydrogen-bond donors (Lipinski definition) is 1. The van der Waals surface area contributed by atoms with Gasteiger partial charge in [-0.25, -0.2) is 14.9 Å². The van der Waals surface area contributed by atoms with Gasteiger partial charge < -0.3 is 9.64 Å². The number of amides is 1. The molecule has 0 aliphatic heterocycles. The second-order valence-corrected chi connectivity index (χ2v) is 6.21. The van der Waals surface area contributed by atoms with Crippen LogP contribution in [0.5, 0.6) is 0 Å². The minimum absolute atomic E-state index is 0.190. The third-order valence-electron chi connectivity index (χ3n) is 3.51. The summed E-state index contributed by atoms with van der Waals surface area (Å²) in [7, 11) is 1.63. The van der Waals surface area contributed by atoms with Crippen molar-refractivity contribution in [2.75, 3.05) is 38.3 Å². The van der Waals surface area contributed by atoms with Crippen LogP contribution < -0.4 is 10.4 Å². The number of nitrogens with zero attached hydrogens (tertiary/aromatic N) is 3. The van der Waals surface area contributed by atoms with Crippen LogP contribution in [0, 0.1) is 5.82 Å². The van der Waals surface area contributed by atoms with Gasteiger partial charge in [-0.05, 0) is 24.6 Å². The van der Waals surface area contributed by atoms with Gasteiger partial charge in [0.05, 0.1) is 13.2 Å². The lowest BCUT2D eigenvalue weighted by atomic mass is 10.1. The van der Waals surface area contributed by atoms with Gasteiger partial charge >= 0.3 is 0 Å². The summed E-state index contributed by atoms with van der Waals surface area (Å²) in [4.78, 5) is 23.1. The Labute approximate surface area is 156 Å². The van der Waals surface area contributed by atoms with Crippen LogP contribution in [0.15, 0.2) is 24.3 Å². The number of carbonyl (C=O) groups excluding carboxylic acids is 1. The number of ether oxygens (including phenoxy) is 1. The second-order valence-electron chi connectivity index (χ2n) is 5.48. The first kappa shape index (κ1) is 20.2. The van der Waals surface area contributed by atoms with E-state index in [9.17, 15) is 9.18 Å². The van der Waals surface area contributed by atoms with E-state index in [1.807, 2.05) is 4.90 Å². The minimum Gasteiger partial charge on any atom is -0.383 e. The smallest absolute Gasteiger partial charge is 0.245 e. The van der Waals surface area contributed by atoms with E-state index in [-0.39, 0.29) is 18.1 Å². The van der Waals surface area contributed by atoms with E-state index in [1.54, 1.807) is 26.2 Å². The molecule has 0 spiro atoms. The van der Waals surface area contributed by atoms with E-state index in [2.05, 4.69) is 14.8 Å². The van der Waals surface area contributed by atoms with Gasteiger partial charge in [-0.15, -0.1) is 0 Å². The van der Waals surface area contributed by atoms with E-state index < -0.39 is 0 Å². The molecule has 1 N–H and O–H groups in total. The molecule has 0 fully saturated rings. The van der Waals surface area contributed by atoms with Crippen molar-refractivity contribution in [3.05, 3.63) is 41.5 Å². The lowest BCUT2D eigenvalue weighted by Gasteiger charge is -2.20. The Kier molecular flexibility index (Phi) is 8.39. The first-order valence-electron chi connectivity index (χ1n) is 8.34. The number of benzene rings is 1. The molecule has 0 radical (unpaired) electrons. The summed E-state index contributed by atoms with van der Waals surface area (Å²) >= 11 is 1.27. The first-order chi connectivity index (χ1) is 12.6. The van der Waals surface area contributed by atoms with Crippen molar-refractivity contribution in [3.63, 3.8) is 0 Å². The van der Waals surface area contributed by atoms with Gasteiger partial charge in [0.1, 0.15) is 11.6 Å². The van der Waals surface area contributed by atoms with E-state index in [1.165, 1.54) is 23.7 Å². The van der Waals surface area contributed by atoms with E-state index in [4.69, 9.17) is 9.57 Å². The molecule has 0 saturated heterocycles. The Hall–Kier alpha value is -2.10. The fraction of sp³-hybridized carbons (Fsp3) is 0.471. The largest absolute Gasteiger partial charge is 0.383 e. The summed E-state index contributed by atoms with van der Waals surface area (Å²) in [5, 5.41) is 0.725. The highest BCUT2D eigenvalue weighted by molar-refractivity contribution is 7.09. The highest BCUT2D eigenvalue weighted by Gasteiger charge is 2.14. The standard InChI is InChI=1S/C17H23FN4O3S/c1-3-25-20-16(23)8-9-22(10-11-24-2)17-19-15(21-26-17)12-13-4-6-14(18)7-5-13/h4-7H,3,8-12H2,1-2H3,(H,20,23). The summed E-state index contributed by atoms with van der Waals surface area (Å²) < 4.78 is 22.5. The van der Waals surface area contributed by atoms with E-state index in [0.717, 1.165) is 10.7 Å². The summed E-state index contributed by atoms with van der Waals surface area (Å²) in [6.45, 7) is 3.81. The predicted octanol–water partition coefficient (Wildman–Crippen LogP) is 2.18. The molecule has 1 aromatic heterocycles. The number of anilines is 1. The molecule has 142 valence electrons. The molecule has 26 heavy (non-hydrogen) atoms. The second kappa shape index (κ2) is 10.8. The van der Waals surface area contributed by atoms with Gasteiger partial charge in [-0.2, -0.15) is 4.37 Å². The lowest BCUT2D eigenvalue weighted by molar-refractivity contribution is -0.132. The third-order valence-corrected chi connectivity index (χ3v) is 4.32. The molecule has 1 heterocycles. The maximum absolute atomic E-state index is 13.0. The monoisotopic (exact) mass is 382 g/mol. The average Bonchev–Trinajstić information content (AvgIpc) is 3.10. The number of nitrogens with one attached hydrogen (secondary N) is 1. The van der Waals surface area contributed by atoms with Crippen LogP contribution in [0.1, 0.15) is 24.7 Å². The van der Waals surface area contributed by atoms with Crippen LogP contribution in [0.4, 0.5) is 9.52 Å². The molecule has 7 nitrogen and oxygen atoms in total. The van der Waals surface area contributed by atoms with Crippen LogP contribution in [0.25, 0.3) is 0 Å². The molecule has 1 aromatic carbocycles. The summed E-state index contributed by atoms with van der Waals surface area (Å²) in [5.74, 6) is 0.208. The zero-order valence-electron chi connectivity index (χ0n) is 14.9. The van der Waals surface area contributed by atoms with Gasteiger partial charge in [0.2, 0.25) is 11.0 Å². The third kappa shape index (κ3) is 6.66. The maximum atomic E-state index is 13.0. The highest BCUT2D eigenvalue weighted by atomic mass is 32.1. The molecule has 0 aliphatic carbocycles. The van der Waals surface area contributed by atoms with Crippen LogP contribution in [0.2, 0.25) is 0 Å². The molecule has 2 aromatic rings. The lowest BCUT2D eigenvalue weighted by Crippen LogP contribution is -2.33. The number of aromatic nitrogens is 2. The Bertz CT molecular complexity index is 681. The topological polar surface area (TPSA) is 76.6 Å². The van der Waals surface area contributed by atoms with E-state index >= 15 is 0 Å². The van der Waals surface area contributed by atoms with Crippen molar-refractivity contribution in [2.24, 2.45) is 0 Å². The number of methoxy groups -OCH3 is 1. The van der Waals surface area contributed by atoms with Gasteiger partial charge in [-0.1, -0.05) is 12.1 Å². The Morgan fingerprint density at radius 1 is 1.31 bits per heavy atom. The number of hydrogen-bond acceptors (Lipinski definition) is 7. The Balaban J connectivity index is 1.97. The average molecular weight is 382 g/mol. The fourth-order valence-corrected chi connectivity index (χ4v) is 2.91. The number of carbonyl (C=O) groups is 1. The van der Waals surface area contributed by atoms with Gasteiger partial charge in [-0.3, -0.25) is 9.63 Å². The predicted molar refractivity (Wildman–Crippen MR) is 97.6 cm³/mol. The summed E-state index contributed by atoms with van der Waals surface area (Å²) in [6, 6.07) is 6.28. The molecule has 1 amide bonds. The van der Waals surface area contributed by atoms with Crippen molar-refractivity contribution in [1.29, 1.82) is 0 Å². The summed E-state index contributed by atoms with van der Waals surface area (Å²) in [5.41, 5.74) is 3.32. The minimum atomic E-state index is -0.267. The molecule has 9 heteroatoms. The van der Waals surface area contributed by atoms with Crippen molar-refractivity contribution in [3.8, 4) is 0 Å². The molecular weight excluding hydrogens is 359 g/mol. The molecule has 0 unspecified atom stereocenters. The van der Waals surface area contributed by atoms with E-state index in [0.29, 0.717) is 38.5 Å². The van der Waals surface area contributed by atoms with Gasteiger partial charge in [0.25, 0.3) is 0 Å². The fourth-order valence-electron chi connectivity index (χ4n) is 2.17. The van der Waals surface area contributed by atoms with Gasteiger partial charge in [0, 0.05) is 44.6 Å². The number of halogens is 1. The SMILES string of the molecule is CCONC(=O)CCN(CCOC)c1nc(Cc2ccc(F)cc2)ns1. The quantitative estimate of drug-likeness (QED) is 0.601. The molecule has 0 aliphatic rings. The molecule has 2 rings (SSSR count). The van der Waals surface area contributed by atoms with Crippen LogP contribution in [0.3, 0.4) is 0 Å². The zero-order chi connectivity index (χ0) is 18.8. The normalized spacial score (nSPS) is 10.7. The highest BCUT2D eigenvalue weighted by Crippen LogP contribution is 2.19. The molecular formula is C17H23FN4O3S. The number of hydroxylamine groups is 1. The van der Waals surface area contributed by atoms with Crippen LogP contribution in [-0.2, 0) is 20.8 Å². The zero-order valence-corrected chi connectivity index (χ0v) is 15.7. The van der Waals surface area contributed by atoms with Crippen molar-refractivity contribution in [1.82, 2.24) is 14.8 Å². The van der Waals surface area contributed by atoms with Crippen LogP contribution >= 0.6 is 11.5 Å². The Morgan fingerprint density at radius 3 is 2.77 bits per heavy atom. The van der Waals surface area contributed by atoms with Crippen molar-refractivity contribution >= 4 is 22.6 Å². The summed E-state index contributed by atoms with van der Waals surface area (Å²) in [6.07, 6.45) is 0.802. The first-order valence-corrected chi connectivity index (χ1v) is 9.11. The maximum Gasteiger partial charge on any atom is 0.245 e. The van der Waals surface area contributed by atoms with Crippen molar-refractivity contribution in [2.45, 2.75) is 19.8 Å². The number of rotatable bonds is 11. The van der Waals surface area contributed by atoms with Crippen molar-refractivity contribution < 1.29 is 18.8 Å². The Morgan fingerprint density at radius 2 is 2.08 bits per heavy atom.